The van der Waals surface area contributed by atoms with Crippen LogP contribution in [0.15, 0.2) is 18.2 Å². The zero-order valence-corrected chi connectivity index (χ0v) is 17.0. The number of thiocarbonyl (C=S) groups is 1. The summed E-state index contributed by atoms with van der Waals surface area (Å²) < 4.78 is 40.1. The van der Waals surface area contributed by atoms with Gasteiger partial charge in [0, 0.05) is 19.1 Å². The van der Waals surface area contributed by atoms with E-state index in [9.17, 15) is 22.8 Å². The minimum atomic E-state index is -4.76. The largest absolute Gasteiger partial charge is 0.465 e. The lowest BCUT2D eigenvalue weighted by Gasteiger charge is -2.41. The Morgan fingerprint density at radius 3 is 2.40 bits per heavy atom. The molecule has 0 saturated carbocycles. The van der Waals surface area contributed by atoms with Crippen LogP contribution >= 0.6 is 12.2 Å². The van der Waals surface area contributed by atoms with Gasteiger partial charge in [-0.25, -0.2) is 4.79 Å². The molecule has 0 aliphatic carbocycles. The maximum Gasteiger partial charge on any atom is 0.417 e. The Balaban J connectivity index is 1.95. The summed E-state index contributed by atoms with van der Waals surface area (Å²) in [5, 5.41) is 18.2. The van der Waals surface area contributed by atoms with Crippen LogP contribution in [-0.4, -0.2) is 56.7 Å². The van der Waals surface area contributed by atoms with Crippen molar-refractivity contribution in [2.75, 3.05) is 18.0 Å². The fourth-order valence-corrected chi connectivity index (χ4v) is 4.53. The van der Waals surface area contributed by atoms with Gasteiger partial charge in [-0.1, -0.05) is 0 Å². The Hall–Kier alpha value is -2.87. The van der Waals surface area contributed by atoms with Gasteiger partial charge in [-0.2, -0.15) is 18.4 Å². The number of carboxylic acid groups (broad SMARTS) is 1. The van der Waals surface area contributed by atoms with Crippen molar-refractivity contribution in [2.24, 2.45) is 0 Å². The lowest BCUT2D eigenvalue weighted by Crippen LogP contribution is -2.54. The number of alkyl halides is 3. The van der Waals surface area contributed by atoms with Crippen LogP contribution in [0, 0.1) is 11.3 Å². The van der Waals surface area contributed by atoms with Crippen molar-refractivity contribution in [1.82, 2.24) is 9.80 Å². The summed E-state index contributed by atoms with van der Waals surface area (Å²) in [6, 6.07) is 4.34. The van der Waals surface area contributed by atoms with Crippen LogP contribution in [0.2, 0.25) is 0 Å². The monoisotopic (exact) mass is 440 g/mol. The zero-order chi connectivity index (χ0) is 22.4. The molecule has 30 heavy (non-hydrogen) atoms. The number of carbonyl (C=O) groups excluding carboxylic acids is 1. The summed E-state index contributed by atoms with van der Waals surface area (Å²) in [6.07, 6.45) is -4.90. The number of amides is 2. The number of rotatable bonds is 2. The van der Waals surface area contributed by atoms with Crippen LogP contribution in [0.3, 0.4) is 0 Å². The predicted molar refractivity (Wildman–Crippen MR) is 105 cm³/mol. The number of anilines is 1. The van der Waals surface area contributed by atoms with Crippen LogP contribution in [0.25, 0.3) is 0 Å². The maximum atomic E-state index is 13.4. The lowest BCUT2D eigenvalue weighted by molar-refractivity contribution is -0.137. The number of likely N-dealkylation sites (tertiary alicyclic amines) is 1. The van der Waals surface area contributed by atoms with E-state index in [1.54, 1.807) is 18.7 Å². The second-order valence-corrected chi connectivity index (χ2v) is 8.06. The Labute approximate surface area is 176 Å². The highest BCUT2D eigenvalue weighted by molar-refractivity contribution is 7.80. The number of hydrogen-bond acceptors (Lipinski definition) is 4. The highest BCUT2D eigenvalue weighted by atomic mass is 32.1. The van der Waals surface area contributed by atoms with E-state index in [2.05, 4.69) is 0 Å². The molecular formula is C19H19F3N4O3S. The summed E-state index contributed by atoms with van der Waals surface area (Å²) in [5.74, 6) is -0.481. The average Bonchev–Trinajstić information content (AvgIpc) is 2.85. The van der Waals surface area contributed by atoms with E-state index in [4.69, 9.17) is 22.6 Å². The Bertz CT molecular complexity index is 949. The number of carbonyl (C=O) groups is 2. The molecule has 2 saturated heterocycles. The summed E-state index contributed by atoms with van der Waals surface area (Å²) >= 11 is 5.48. The second kappa shape index (κ2) is 7.43. The Morgan fingerprint density at radius 1 is 1.30 bits per heavy atom. The zero-order valence-electron chi connectivity index (χ0n) is 16.2. The molecule has 0 aromatic heterocycles. The van der Waals surface area contributed by atoms with Crippen molar-refractivity contribution in [2.45, 2.75) is 44.4 Å². The molecule has 7 nitrogen and oxygen atoms in total. The van der Waals surface area contributed by atoms with E-state index in [1.165, 1.54) is 17.0 Å². The van der Waals surface area contributed by atoms with Crippen molar-refractivity contribution >= 4 is 35.0 Å². The number of halogens is 3. The maximum absolute atomic E-state index is 13.4. The molecule has 2 fully saturated rings. The standard InChI is InChI=1S/C19H19F3N4O3S/c1-18(2)15(27)25(13-4-3-11(10-23)14(9-13)19(20,21)22)16(30)26(18)12-5-7-24(8-6-12)17(28)29/h3-4,9,12H,5-8H2,1-2H3,(H,28,29). The number of piperidine rings is 1. The molecule has 160 valence electrons. The van der Waals surface area contributed by atoms with Crippen LogP contribution < -0.4 is 4.90 Å². The van der Waals surface area contributed by atoms with E-state index in [0.29, 0.717) is 12.8 Å². The Morgan fingerprint density at radius 2 is 1.90 bits per heavy atom. The number of benzene rings is 1. The van der Waals surface area contributed by atoms with Gasteiger partial charge in [-0.3, -0.25) is 9.69 Å². The van der Waals surface area contributed by atoms with Gasteiger partial charge in [-0.15, -0.1) is 0 Å². The van der Waals surface area contributed by atoms with Crippen molar-refractivity contribution in [3.05, 3.63) is 29.3 Å². The first kappa shape index (κ1) is 21.8. The molecule has 0 unspecified atom stereocenters. The van der Waals surface area contributed by atoms with Gasteiger partial charge in [0.05, 0.1) is 22.9 Å². The molecule has 0 bridgehead atoms. The minimum absolute atomic E-state index is 0.0603. The Kier molecular flexibility index (Phi) is 5.41. The van der Waals surface area contributed by atoms with Gasteiger partial charge in [-0.05, 0) is 57.1 Å². The summed E-state index contributed by atoms with van der Waals surface area (Å²) in [7, 11) is 0. The molecule has 3 rings (SSSR count). The number of nitriles is 1. The molecule has 0 spiro atoms. The topological polar surface area (TPSA) is 87.9 Å². The van der Waals surface area contributed by atoms with Gasteiger partial charge in [0.2, 0.25) is 0 Å². The number of hydrogen-bond donors (Lipinski definition) is 1. The molecule has 0 atom stereocenters. The van der Waals surface area contributed by atoms with E-state index >= 15 is 0 Å². The van der Waals surface area contributed by atoms with E-state index in [0.717, 1.165) is 17.0 Å². The number of nitrogens with zero attached hydrogens (tertiary/aromatic N) is 4. The van der Waals surface area contributed by atoms with E-state index in [-0.39, 0.29) is 29.9 Å². The third-order valence-corrected chi connectivity index (χ3v) is 5.89. The molecule has 1 N–H and O–H groups in total. The van der Waals surface area contributed by atoms with Crippen molar-refractivity contribution in [3.8, 4) is 6.07 Å². The molecule has 1 aromatic carbocycles. The highest BCUT2D eigenvalue weighted by Crippen LogP contribution is 2.39. The van der Waals surface area contributed by atoms with Gasteiger partial charge >= 0.3 is 12.3 Å². The van der Waals surface area contributed by atoms with Gasteiger partial charge in [0.1, 0.15) is 5.54 Å². The molecular weight excluding hydrogens is 421 g/mol. The summed E-state index contributed by atoms with van der Waals surface area (Å²) in [5.41, 5.74) is -2.85. The van der Waals surface area contributed by atoms with Gasteiger partial charge in [0.25, 0.3) is 5.91 Å². The fraction of sp³-hybridized carbons (Fsp3) is 0.474. The normalized spacial score (nSPS) is 19.9. The van der Waals surface area contributed by atoms with Crippen LogP contribution in [0.4, 0.5) is 23.7 Å². The first-order valence-corrected chi connectivity index (χ1v) is 9.57. The average molecular weight is 440 g/mol. The second-order valence-electron chi connectivity index (χ2n) is 7.69. The molecule has 2 amide bonds. The molecule has 2 aliphatic rings. The SMILES string of the molecule is CC1(C)C(=O)N(c2ccc(C#N)c(C(F)(F)F)c2)C(=S)N1C1CCN(C(=O)O)CC1. The molecule has 0 radical (unpaired) electrons. The van der Waals surface area contributed by atoms with Crippen LogP contribution in [0.1, 0.15) is 37.8 Å². The predicted octanol–water partition coefficient (Wildman–Crippen LogP) is 3.43. The minimum Gasteiger partial charge on any atom is -0.465 e. The van der Waals surface area contributed by atoms with E-state index in [1.807, 2.05) is 0 Å². The van der Waals surface area contributed by atoms with Crippen LogP contribution in [0.5, 0.6) is 0 Å². The summed E-state index contributed by atoms with van der Waals surface area (Å²) in [4.78, 5) is 28.3. The molecule has 1 aromatic rings. The first-order chi connectivity index (χ1) is 13.9. The smallest absolute Gasteiger partial charge is 0.417 e. The third-order valence-electron chi connectivity index (χ3n) is 5.51. The van der Waals surface area contributed by atoms with Crippen LogP contribution in [-0.2, 0) is 11.0 Å². The fourth-order valence-electron chi connectivity index (χ4n) is 3.97. The molecule has 2 aliphatic heterocycles. The molecule has 11 heteroatoms. The van der Waals surface area contributed by atoms with Crippen molar-refractivity contribution < 1.29 is 27.9 Å². The lowest BCUT2D eigenvalue weighted by atomic mass is 9.96. The third kappa shape index (κ3) is 3.56. The first-order valence-electron chi connectivity index (χ1n) is 9.16. The molecule has 2 heterocycles. The van der Waals surface area contributed by atoms with Crippen molar-refractivity contribution in [1.29, 1.82) is 5.26 Å². The van der Waals surface area contributed by atoms with Crippen molar-refractivity contribution in [3.63, 3.8) is 0 Å². The highest BCUT2D eigenvalue weighted by Gasteiger charge is 2.52. The summed E-state index contributed by atoms with van der Waals surface area (Å²) in [6.45, 7) is 3.83. The van der Waals surface area contributed by atoms with E-state index < -0.39 is 34.8 Å². The van der Waals surface area contributed by atoms with Gasteiger partial charge in [0.15, 0.2) is 5.11 Å². The van der Waals surface area contributed by atoms with Gasteiger partial charge < -0.3 is 14.9 Å². The quantitative estimate of drug-likeness (QED) is 0.709.